The van der Waals surface area contributed by atoms with Crippen molar-refractivity contribution in [2.75, 3.05) is 5.32 Å². The van der Waals surface area contributed by atoms with Crippen LogP contribution >= 0.6 is 27.5 Å². The van der Waals surface area contributed by atoms with Crippen molar-refractivity contribution in [3.8, 4) is 11.4 Å². The van der Waals surface area contributed by atoms with Crippen LogP contribution < -0.4 is 5.32 Å². The van der Waals surface area contributed by atoms with E-state index >= 15 is 0 Å². The number of hydrogen-bond donors (Lipinski definition) is 1. The minimum Gasteiger partial charge on any atom is -0.451 e. The fourth-order valence-electron chi connectivity index (χ4n) is 2.66. The normalized spacial score (nSPS) is 11.0. The highest BCUT2D eigenvalue weighted by Crippen LogP contribution is 2.29. The fraction of sp³-hybridized carbons (Fsp3) is 0.105. The number of benzene rings is 2. The second-order valence-corrected chi connectivity index (χ2v) is 7.61. The molecule has 0 fully saturated rings. The van der Waals surface area contributed by atoms with Crippen LogP contribution in [0.25, 0.3) is 22.4 Å². The van der Waals surface area contributed by atoms with E-state index in [0.717, 1.165) is 32.5 Å². The Morgan fingerprint density at radius 1 is 1.15 bits per heavy atom. The Balaban J connectivity index is 1.59. The van der Waals surface area contributed by atoms with Gasteiger partial charge in [-0.2, -0.15) is 9.36 Å². The van der Waals surface area contributed by atoms with Gasteiger partial charge >= 0.3 is 0 Å². The van der Waals surface area contributed by atoms with Gasteiger partial charge in [-0.05, 0) is 32.0 Å². The standard InChI is InChI=1S/C19H14BrN3O2S/c1-10-3-5-12(6-4-10)17-21-19(26-23-17)22-18(24)16-11(2)14-9-13(20)7-8-15(14)25-16/h3-9H,1-2H3,(H,21,22,23,24). The van der Waals surface area contributed by atoms with Gasteiger partial charge in [0, 0.05) is 32.5 Å². The number of anilines is 1. The molecule has 130 valence electrons. The highest BCUT2D eigenvalue weighted by molar-refractivity contribution is 9.10. The van der Waals surface area contributed by atoms with Crippen LogP contribution in [-0.2, 0) is 0 Å². The van der Waals surface area contributed by atoms with E-state index in [9.17, 15) is 4.79 Å². The van der Waals surface area contributed by atoms with Gasteiger partial charge in [-0.15, -0.1) is 0 Å². The van der Waals surface area contributed by atoms with E-state index in [1.54, 1.807) is 0 Å². The van der Waals surface area contributed by atoms with Crippen LogP contribution in [0, 0.1) is 13.8 Å². The van der Waals surface area contributed by atoms with Gasteiger partial charge in [0.05, 0.1) is 0 Å². The van der Waals surface area contributed by atoms with Crippen LogP contribution in [0.2, 0.25) is 0 Å². The zero-order valence-electron chi connectivity index (χ0n) is 14.0. The summed E-state index contributed by atoms with van der Waals surface area (Å²) < 4.78 is 11.0. The maximum Gasteiger partial charge on any atom is 0.293 e. The quantitative estimate of drug-likeness (QED) is 0.463. The Morgan fingerprint density at radius 2 is 1.92 bits per heavy atom. The number of amides is 1. The summed E-state index contributed by atoms with van der Waals surface area (Å²) in [6.07, 6.45) is 0. The molecule has 0 spiro atoms. The van der Waals surface area contributed by atoms with Crippen LogP contribution in [0.3, 0.4) is 0 Å². The first-order chi connectivity index (χ1) is 12.5. The predicted octanol–water partition coefficient (Wildman–Crippen LogP) is 5.58. The third-order valence-electron chi connectivity index (χ3n) is 4.06. The molecule has 26 heavy (non-hydrogen) atoms. The summed E-state index contributed by atoms with van der Waals surface area (Å²) >= 11 is 4.58. The average Bonchev–Trinajstić information content (AvgIpc) is 3.21. The van der Waals surface area contributed by atoms with E-state index in [1.165, 1.54) is 5.56 Å². The number of furan rings is 1. The highest BCUT2D eigenvalue weighted by atomic mass is 79.9. The molecule has 5 nitrogen and oxygen atoms in total. The van der Waals surface area contributed by atoms with Gasteiger partial charge in [-0.3, -0.25) is 10.1 Å². The van der Waals surface area contributed by atoms with E-state index in [1.807, 2.05) is 56.3 Å². The number of aryl methyl sites for hydroxylation is 2. The first-order valence-electron chi connectivity index (χ1n) is 7.92. The van der Waals surface area contributed by atoms with Crippen molar-refractivity contribution in [3.05, 3.63) is 63.8 Å². The lowest BCUT2D eigenvalue weighted by Gasteiger charge is -1.99. The molecule has 0 saturated heterocycles. The average molecular weight is 428 g/mol. The second kappa shape index (κ2) is 6.66. The molecule has 4 aromatic rings. The van der Waals surface area contributed by atoms with Crippen molar-refractivity contribution in [1.82, 2.24) is 9.36 Å². The van der Waals surface area contributed by atoms with E-state index < -0.39 is 0 Å². The monoisotopic (exact) mass is 427 g/mol. The lowest BCUT2D eigenvalue weighted by Crippen LogP contribution is -2.11. The minimum atomic E-state index is -0.332. The van der Waals surface area contributed by atoms with Crippen LogP contribution in [0.5, 0.6) is 0 Å². The van der Waals surface area contributed by atoms with Gasteiger partial charge in [-0.1, -0.05) is 45.8 Å². The van der Waals surface area contributed by atoms with Crippen LogP contribution in [-0.4, -0.2) is 15.3 Å². The molecule has 2 aromatic heterocycles. The Morgan fingerprint density at radius 3 is 2.69 bits per heavy atom. The van der Waals surface area contributed by atoms with Crippen molar-refractivity contribution in [2.45, 2.75) is 13.8 Å². The number of hydrogen-bond acceptors (Lipinski definition) is 5. The summed E-state index contributed by atoms with van der Waals surface area (Å²) in [5.74, 6) is 0.544. The zero-order valence-corrected chi connectivity index (χ0v) is 16.4. The summed E-state index contributed by atoms with van der Waals surface area (Å²) in [5, 5.41) is 4.12. The number of carbonyl (C=O) groups excluding carboxylic acids is 1. The van der Waals surface area contributed by atoms with Crippen LogP contribution in [0.4, 0.5) is 5.13 Å². The minimum absolute atomic E-state index is 0.283. The van der Waals surface area contributed by atoms with Gasteiger partial charge in [-0.25, -0.2) is 0 Å². The first kappa shape index (κ1) is 16.9. The molecule has 0 unspecified atom stereocenters. The van der Waals surface area contributed by atoms with E-state index in [0.29, 0.717) is 16.5 Å². The molecule has 2 aromatic carbocycles. The number of carbonyl (C=O) groups is 1. The summed E-state index contributed by atoms with van der Waals surface area (Å²) in [6.45, 7) is 3.89. The van der Waals surface area contributed by atoms with Crippen LogP contribution in [0.15, 0.2) is 51.4 Å². The molecular weight excluding hydrogens is 414 g/mol. The van der Waals surface area contributed by atoms with E-state index in [4.69, 9.17) is 4.42 Å². The number of fused-ring (bicyclic) bond motifs is 1. The predicted molar refractivity (Wildman–Crippen MR) is 107 cm³/mol. The van der Waals surface area contributed by atoms with Crippen molar-refractivity contribution < 1.29 is 9.21 Å². The molecule has 4 rings (SSSR count). The molecule has 7 heteroatoms. The lowest BCUT2D eigenvalue weighted by molar-refractivity contribution is 0.0998. The second-order valence-electron chi connectivity index (χ2n) is 5.94. The van der Waals surface area contributed by atoms with Crippen molar-refractivity contribution in [2.24, 2.45) is 0 Å². The Kier molecular flexibility index (Phi) is 4.34. The van der Waals surface area contributed by atoms with Crippen molar-refractivity contribution in [1.29, 1.82) is 0 Å². The van der Waals surface area contributed by atoms with E-state index in [2.05, 4.69) is 30.6 Å². The Labute approximate surface area is 162 Å². The third-order valence-corrected chi connectivity index (χ3v) is 5.18. The summed E-state index contributed by atoms with van der Waals surface area (Å²) in [4.78, 5) is 17.0. The van der Waals surface area contributed by atoms with Gasteiger partial charge in [0.25, 0.3) is 5.91 Å². The Bertz CT molecular complexity index is 1120. The number of halogens is 1. The van der Waals surface area contributed by atoms with Gasteiger partial charge in [0.15, 0.2) is 11.6 Å². The third kappa shape index (κ3) is 3.15. The topological polar surface area (TPSA) is 68.0 Å². The molecule has 0 radical (unpaired) electrons. The molecule has 0 aliphatic rings. The van der Waals surface area contributed by atoms with E-state index in [-0.39, 0.29) is 11.7 Å². The SMILES string of the molecule is Cc1ccc(-c2nsc(NC(=O)c3oc4ccc(Br)cc4c3C)n2)cc1. The smallest absolute Gasteiger partial charge is 0.293 e. The molecule has 0 saturated carbocycles. The lowest BCUT2D eigenvalue weighted by atomic mass is 10.1. The fourth-order valence-corrected chi connectivity index (χ4v) is 3.60. The largest absolute Gasteiger partial charge is 0.451 e. The van der Waals surface area contributed by atoms with Crippen molar-refractivity contribution >= 4 is 49.5 Å². The maximum absolute atomic E-state index is 12.6. The Hall–Kier alpha value is -2.51. The van der Waals surface area contributed by atoms with Crippen molar-refractivity contribution in [3.63, 3.8) is 0 Å². The number of nitrogens with zero attached hydrogens (tertiary/aromatic N) is 2. The molecule has 1 amide bonds. The first-order valence-corrected chi connectivity index (χ1v) is 9.48. The number of rotatable bonds is 3. The maximum atomic E-state index is 12.6. The summed E-state index contributed by atoms with van der Waals surface area (Å²) in [7, 11) is 0. The number of aromatic nitrogens is 2. The zero-order chi connectivity index (χ0) is 18.3. The number of nitrogens with one attached hydrogen (secondary N) is 1. The molecular formula is C19H14BrN3O2S. The molecule has 0 bridgehead atoms. The van der Waals surface area contributed by atoms with Gasteiger partial charge < -0.3 is 4.42 Å². The molecule has 2 heterocycles. The molecule has 0 aliphatic carbocycles. The summed E-state index contributed by atoms with van der Waals surface area (Å²) in [6, 6.07) is 13.6. The summed E-state index contributed by atoms with van der Waals surface area (Å²) in [5.41, 5.74) is 3.55. The molecule has 0 aliphatic heterocycles. The molecule has 0 atom stereocenters. The van der Waals surface area contributed by atoms with Crippen LogP contribution in [0.1, 0.15) is 21.7 Å². The highest BCUT2D eigenvalue weighted by Gasteiger charge is 2.19. The van der Waals surface area contributed by atoms with Gasteiger partial charge in [0.2, 0.25) is 5.13 Å². The molecule has 1 N–H and O–H groups in total. The van der Waals surface area contributed by atoms with Gasteiger partial charge in [0.1, 0.15) is 5.58 Å².